The first-order valence-corrected chi connectivity index (χ1v) is 11.1. The van der Waals surface area contributed by atoms with Gasteiger partial charge in [-0.1, -0.05) is 60.2 Å². The molecule has 8 heteroatoms. The smallest absolute Gasteiger partial charge is 0.255 e. The van der Waals surface area contributed by atoms with E-state index in [1.165, 1.54) is 4.80 Å². The van der Waals surface area contributed by atoms with Crippen molar-refractivity contribution in [2.24, 2.45) is 0 Å². The zero-order valence-corrected chi connectivity index (χ0v) is 18.9. The Hall–Kier alpha value is -4.33. The van der Waals surface area contributed by atoms with Crippen molar-refractivity contribution < 1.29 is 9.59 Å². The van der Waals surface area contributed by atoms with Gasteiger partial charge in [0.25, 0.3) is 5.91 Å². The molecule has 1 aromatic heterocycles. The average Bonchev–Trinajstić information content (AvgIpc) is 3.33. The highest BCUT2D eigenvalue weighted by molar-refractivity contribution is 6.04. The largest absolute Gasteiger partial charge is 0.352 e. The second-order valence-corrected chi connectivity index (χ2v) is 7.98. The summed E-state index contributed by atoms with van der Waals surface area (Å²) in [5.74, 6) is 0.343. The van der Waals surface area contributed by atoms with Gasteiger partial charge in [-0.15, -0.1) is 10.2 Å². The van der Waals surface area contributed by atoms with Crippen molar-refractivity contribution in [1.29, 1.82) is 0 Å². The normalized spacial score (nSPS) is 10.6. The topological polar surface area (TPSA) is 102 Å². The zero-order chi connectivity index (χ0) is 23.8. The van der Waals surface area contributed by atoms with E-state index in [-0.39, 0.29) is 11.8 Å². The Morgan fingerprint density at radius 1 is 0.941 bits per heavy atom. The van der Waals surface area contributed by atoms with Crippen molar-refractivity contribution in [3.63, 3.8) is 0 Å². The molecule has 0 fully saturated rings. The number of nitrogens with zero attached hydrogens (tertiary/aromatic N) is 4. The molecule has 0 spiro atoms. The molecule has 0 saturated heterocycles. The molecule has 4 aromatic rings. The minimum absolute atomic E-state index is 0.0579. The number of benzene rings is 3. The lowest BCUT2D eigenvalue weighted by atomic mass is 10.1. The fraction of sp³-hybridized carbons (Fsp3) is 0.192. The third-order valence-corrected chi connectivity index (χ3v) is 5.24. The van der Waals surface area contributed by atoms with Crippen LogP contribution in [0.2, 0.25) is 0 Å². The van der Waals surface area contributed by atoms with E-state index in [1.54, 1.807) is 12.1 Å². The van der Waals surface area contributed by atoms with Crippen LogP contribution in [0.1, 0.15) is 34.3 Å². The molecule has 0 aliphatic heterocycles. The number of hydrogen-bond acceptors (Lipinski definition) is 5. The summed E-state index contributed by atoms with van der Waals surface area (Å²) >= 11 is 0. The van der Waals surface area contributed by atoms with E-state index in [1.807, 2.05) is 73.7 Å². The molecule has 0 radical (unpaired) electrons. The van der Waals surface area contributed by atoms with Gasteiger partial charge in [-0.2, -0.15) is 4.80 Å². The highest BCUT2D eigenvalue weighted by Gasteiger charge is 2.08. The minimum atomic E-state index is -0.168. The fourth-order valence-corrected chi connectivity index (χ4v) is 3.38. The Morgan fingerprint density at radius 2 is 1.74 bits per heavy atom. The van der Waals surface area contributed by atoms with E-state index >= 15 is 0 Å². The predicted molar refractivity (Wildman–Crippen MR) is 130 cm³/mol. The third-order valence-electron chi connectivity index (χ3n) is 5.24. The van der Waals surface area contributed by atoms with E-state index in [0.717, 1.165) is 16.7 Å². The molecule has 172 valence electrons. The van der Waals surface area contributed by atoms with Gasteiger partial charge in [-0.05, 0) is 48.4 Å². The summed E-state index contributed by atoms with van der Waals surface area (Å²) < 4.78 is 0. The van der Waals surface area contributed by atoms with Crippen molar-refractivity contribution in [1.82, 2.24) is 25.5 Å². The Balaban J connectivity index is 1.21. The highest BCUT2D eigenvalue weighted by Crippen LogP contribution is 2.14. The maximum Gasteiger partial charge on any atom is 0.255 e. The Bertz CT molecular complexity index is 1250. The third kappa shape index (κ3) is 6.35. The molecule has 8 nitrogen and oxygen atoms in total. The first-order chi connectivity index (χ1) is 16.6. The molecule has 1 heterocycles. The summed E-state index contributed by atoms with van der Waals surface area (Å²) in [5.41, 5.74) is 4.19. The van der Waals surface area contributed by atoms with Crippen LogP contribution in [0, 0.1) is 6.92 Å². The number of hydrogen-bond donors (Lipinski definition) is 2. The molecule has 0 aliphatic rings. The van der Waals surface area contributed by atoms with Gasteiger partial charge >= 0.3 is 0 Å². The summed E-state index contributed by atoms with van der Waals surface area (Å²) in [6, 6.07) is 24.5. The van der Waals surface area contributed by atoms with Crippen molar-refractivity contribution >= 4 is 17.5 Å². The molecule has 2 N–H and O–H groups in total. The Morgan fingerprint density at radius 3 is 2.53 bits per heavy atom. The monoisotopic (exact) mass is 454 g/mol. The first kappa shape index (κ1) is 22.8. The van der Waals surface area contributed by atoms with Crippen LogP contribution in [0.4, 0.5) is 5.69 Å². The van der Waals surface area contributed by atoms with Gasteiger partial charge in [0.15, 0.2) is 0 Å². The quantitative estimate of drug-likeness (QED) is 0.398. The molecule has 0 atom stereocenters. The number of amides is 2. The van der Waals surface area contributed by atoms with Crippen molar-refractivity contribution in [3.05, 3.63) is 95.6 Å². The zero-order valence-electron chi connectivity index (χ0n) is 18.9. The van der Waals surface area contributed by atoms with Crippen molar-refractivity contribution in [3.8, 4) is 11.4 Å². The highest BCUT2D eigenvalue weighted by atomic mass is 16.2. The molecule has 0 unspecified atom stereocenters. The maximum atomic E-state index is 12.4. The standard InChI is InChI=1S/C26H26N6O2/c1-19-12-14-22(15-13-19)26(34)28-23-10-5-7-20(17-23)18-27-24(33)11-6-16-32-30-25(29-31-32)21-8-3-2-4-9-21/h2-5,7-10,12-15,17H,6,11,16,18H2,1H3,(H,27,33)(H,28,34). The minimum Gasteiger partial charge on any atom is -0.352 e. The lowest BCUT2D eigenvalue weighted by Gasteiger charge is -2.09. The number of nitrogens with one attached hydrogen (secondary N) is 2. The van der Waals surface area contributed by atoms with E-state index in [2.05, 4.69) is 26.0 Å². The van der Waals surface area contributed by atoms with E-state index in [9.17, 15) is 9.59 Å². The van der Waals surface area contributed by atoms with Gasteiger partial charge in [0.1, 0.15) is 0 Å². The van der Waals surface area contributed by atoms with Crippen molar-refractivity contribution in [2.45, 2.75) is 32.9 Å². The molecule has 0 bridgehead atoms. The van der Waals surface area contributed by atoms with Crippen LogP contribution in [0.5, 0.6) is 0 Å². The van der Waals surface area contributed by atoms with Crippen LogP contribution in [0.15, 0.2) is 78.9 Å². The number of rotatable bonds is 9. The summed E-state index contributed by atoms with van der Waals surface area (Å²) in [4.78, 5) is 26.2. The van der Waals surface area contributed by atoms with Gasteiger partial charge in [-0.3, -0.25) is 9.59 Å². The summed E-state index contributed by atoms with van der Waals surface area (Å²) in [6.07, 6.45) is 0.954. The average molecular weight is 455 g/mol. The number of tetrazole rings is 1. The Kier molecular flexibility index (Phi) is 7.39. The van der Waals surface area contributed by atoms with Crippen LogP contribution in [0.25, 0.3) is 11.4 Å². The van der Waals surface area contributed by atoms with E-state index in [4.69, 9.17) is 0 Å². The number of carbonyl (C=O) groups is 2. The van der Waals surface area contributed by atoms with Crippen molar-refractivity contribution in [2.75, 3.05) is 5.32 Å². The number of aromatic nitrogens is 4. The number of aryl methyl sites for hydroxylation is 2. The molecule has 3 aromatic carbocycles. The van der Waals surface area contributed by atoms with Crippen LogP contribution >= 0.6 is 0 Å². The molecule has 2 amide bonds. The first-order valence-electron chi connectivity index (χ1n) is 11.1. The Labute approximate surface area is 198 Å². The molecular formula is C26H26N6O2. The molecule has 0 saturated carbocycles. The summed E-state index contributed by atoms with van der Waals surface area (Å²) in [6.45, 7) is 2.87. The number of anilines is 1. The van der Waals surface area contributed by atoms with Gasteiger partial charge in [0.05, 0.1) is 6.54 Å². The maximum absolute atomic E-state index is 12.4. The van der Waals surface area contributed by atoms with Gasteiger partial charge in [0, 0.05) is 29.8 Å². The van der Waals surface area contributed by atoms with E-state index < -0.39 is 0 Å². The predicted octanol–water partition coefficient (Wildman–Crippen LogP) is 4.00. The SMILES string of the molecule is Cc1ccc(C(=O)Nc2cccc(CNC(=O)CCCn3nnc(-c4ccccc4)n3)c2)cc1. The van der Waals surface area contributed by atoms with Crippen LogP contribution in [-0.2, 0) is 17.9 Å². The molecule has 0 aliphatic carbocycles. The molecule has 4 rings (SSSR count). The van der Waals surface area contributed by atoms with Gasteiger partial charge in [-0.25, -0.2) is 0 Å². The fourth-order valence-electron chi connectivity index (χ4n) is 3.38. The molecule has 34 heavy (non-hydrogen) atoms. The van der Waals surface area contributed by atoms with Gasteiger partial charge in [0.2, 0.25) is 11.7 Å². The second kappa shape index (κ2) is 11.0. The van der Waals surface area contributed by atoms with Gasteiger partial charge < -0.3 is 10.6 Å². The van der Waals surface area contributed by atoms with Crippen LogP contribution < -0.4 is 10.6 Å². The second-order valence-electron chi connectivity index (χ2n) is 7.98. The van der Waals surface area contributed by atoms with E-state index in [0.29, 0.717) is 43.0 Å². The summed E-state index contributed by atoms with van der Waals surface area (Å²) in [7, 11) is 0. The lowest BCUT2D eigenvalue weighted by Crippen LogP contribution is -2.23. The van der Waals surface area contributed by atoms with Crippen LogP contribution in [-0.4, -0.2) is 32.0 Å². The van der Waals surface area contributed by atoms with Crippen LogP contribution in [0.3, 0.4) is 0 Å². The number of carbonyl (C=O) groups excluding carboxylic acids is 2. The lowest BCUT2D eigenvalue weighted by molar-refractivity contribution is -0.121. The summed E-state index contributed by atoms with van der Waals surface area (Å²) in [5, 5.41) is 18.3. The molecular weight excluding hydrogens is 428 g/mol.